The molecule has 1 saturated heterocycles. The number of aromatic nitrogens is 1. The van der Waals surface area contributed by atoms with Crippen LogP contribution < -0.4 is 15.0 Å². The molecule has 0 unspecified atom stereocenters. The number of hydrogen-bond donors (Lipinski definition) is 1. The zero-order chi connectivity index (χ0) is 20.0. The van der Waals surface area contributed by atoms with E-state index in [1.165, 1.54) is 0 Å². The maximum atomic E-state index is 12.6. The lowest BCUT2D eigenvalue weighted by Gasteiger charge is -2.38. The highest BCUT2D eigenvalue weighted by molar-refractivity contribution is 6.05. The topological polar surface area (TPSA) is 76.8 Å². The number of amides is 1. The maximum absolute atomic E-state index is 12.6. The van der Waals surface area contributed by atoms with Crippen LogP contribution in [0.25, 0.3) is 11.1 Å². The Hall–Kier alpha value is -3.06. The van der Waals surface area contributed by atoms with Gasteiger partial charge in [0.15, 0.2) is 5.58 Å². The first-order valence-corrected chi connectivity index (χ1v) is 9.93. The summed E-state index contributed by atoms with van der Waals surface area (Å²) in [4.78, 5) is 19.3. The Balaban J connectivity index is 1.28. The molecule has 0 spiro atoms. The summed E-state index contributed by atoms with van der Waals surface area (Å²) in [6.07, 6.45) is 1.27. The molecule has 3 heterocycles. The molecule has 1 aromatic heterocycles. The van der Waals surface area contributed by atoms with Crippen LogP contribution in [0.15, 0.2) is 40.8 Å². The Morgan fingerprint density at radius 2 is 2.10 bits per heavy atom. The van der Waals surface area contributed by atoms with Gasteiger partial charge in [-0.3, -0.25) is 4.79 Å². The highest BCUT2D eigenvalue weighted by Gasteiger charge is 2.31. The zero-order valence-electron chi connectivity index (χ0n) is 16.5. The fraction of sp³-hybridized carbons (Fsp3) is 0.364. The highest BCUT2D eigenvalue weighted by Crippen LogP contribution is 2.29. The van der Waals surface area contributed by atoms with Crippen molar-refractivity contribution in [1.82, 2.24) is 4.98 Å². The predicted octanol–water partition coefficient (Wildman–Crippen LogP) is 3.63. The Morgan fingerprint density at radius 3 is 2.93 bits per heavy atom. The van der Waals surface area contributed by atoms with Gasteiger partial charge < -0.3 is 24.1 Å². The third-order valence-electron chi connectivity index (χ3n) is 5.17. The molecule has 0 aliphatic carbocycles. The van der Waals surface area contributed by atoms with Crippen molar-refractivity contribution < 1.29 is 18.7 Å². The van der Waals surface area contributed by atoms with E-state index in [1.807, 2.05) is 44.2 Å². The van der Waals surface area contributed by atoms with Gasteiger partial charge in [-0.2, -0.15) is 4.98 Å². The first-order valence-electron chi connectivity index (χ1n) is 9.93. The van der Waals surface area contributed by atoms with Crippen LogP contribution in [-0.4, -0.2) is 42.8 Å². The van der Waals surface area contributed by atoms with Gasteiger partial charge in [-0.25, -0.2) is 0 Å². The van der Waals surface area contributed by atoms with Crippen LogP contribution in [0.2, 0.25) is 0 Å². The summed E-state index contributed by atoms with van der Waals surface area (Å²) in [7, 11) is 0. The van der Waals surface area contributed by atoms with E-state index in [2.05, 4.69) is 15.2 Å². The van der Waals surface area contributed by atoms with Gasteiger partial charge >= 0.3 is 0 Å². The summed E-state index contributed by atoms with van der Waals surface area (Å²) in [6, 6.07) is 11.6. The molecule has 1 fully saturated rings. The number of carbonyl (C=O) groups excluding carboxylic acids is 1. The lowest BCUT2D eigenvalue weighted by molar-refractivity contribution is -0.00874. The third-order valence-corrected chi connectivity index (χ3v) is 5.17. The molecule has 3 aromatic rings. The molecule has 7 nitrogen and oxygen atoms in total. The number of hydrogen-bond acceptors (Lipinski definition) is 6. The van der Waals surface area contributed by atoms with E-state index in [9.17, 15) is 4.79 Å². The van der Waals surface area contributed by atoms with Gasteiger partial charge in [0.2, 0.25) is 0 Å². The molecule has 2 aromatic carbocycles. The molecule has 0 atom stereocenters. The predicted molar refractivity (Wildman–Crippen MR) is 110 cm³/mol. The van der Waals surface area contributed by atoms with E-state index < -0.39 is 0 Å². The highest BCUT2D eigenvalue weighted by atomic mass is 16.5. The van der Waals surface area contributed by atoms with Gasteiger partial charge in [0.25, 0.3) is 11.9 Å². The summed E-state index contributed by atoms with van der Waals surface area (Å²) in [5.74, 6) is 0.712. The van der Waals surface area contributed by atoms with E-state index in [-0.39, 0.29) is 18.1 Å². The van der Waals surface area contributed by atoms with Crippen molar-refractivity contribution in [2.45, 2.75) is 32.5 Å². The van der Waals surface area contributed by atoms with Gasteiger partial charge in [0.05, 0.1) is 31.9 Å². The number of ether oxygens (including phenoxy) is 2. The molecular formula is C22H23N3O4. The van der Waals surface area contributed by atoms with Gasteiger partial charge in [-0.05, 0) is 55.8 Å². The Kier molecular flexibility index (Phi) is 4.39. The second kappa shape index (κ2) is 7.08. The first kappa shape index (κ1) is 18.0. The number of nitrogens with one attached hydrogen (secondary N) is 1. The minimum atomic E-state index is -0.154. The van der Waals surface area contributed by atoms with E-state index in [0.717, 1.165) is 30.8 Å². The summed E-state index contributed by atoms with van der Waals surface area (Å²) in [5.41, 5.74) is 3.79. The first-order chi connectivity index (χ1) is 14.0. The van der Waals surface area contributed by atoms with Crippen molar-refractivity contribution in [2.24, 2.45) is 0 Å². The Morgan fingerprint density at radius 1 is 1.24 bits per heavy atom. The Labute approximate surface area is 168 Å². The van der Waals surface area contributed by atoms with E-state index in [4.69, 9.17) is 13.9 Å². The number of benzene rings is 2. The smallest absolute Gasteiger partial charge is 0.298 e. The summed E-state index contributed by atoms with van der Waals surface area (Å²) >= 11 is 0. The minimum Gasteiger partial charge on any atom is -0.493 e. The average molecular weight is 393 g/mol. The van der Waals surface area contributed by atoms with Crippen LogP contribution in [0.1, 0.15) is 29.8 Å². The number of rotatable bonds is 5. The molecular weight excluding hydrogens is 370 g/mol. The van der Waals surface area contributed by atoms with E-state index in [1.54, 1.807) is 6.07 Å². The lowest BCUT2D eigenvalue weighted by atomic mass is 10.1. The van der Waals surface area contributed by atoms with Crippen molar-refractivity contribution in [3.63, 3.8) is 0 Å². The molecule has 1 N–H and O–H groups in total. The van der Waals surface area contributed by atoms with Crippen LogP contribution >= 0.6 is 0 Å². The standard InChI is InChI=1S/C22H23N3O4/c1-13(2)28-17-11-25(12-17)22-24-18-10-16(4-6-20(18)29-22)23-21(26)15-3-5-19-14(9-15)7-8-27-19/h3-6,9-10,13,17H,7-8,11-12H2,1-2H3,(H,23,26). The van der Waals surface area contributed by atoms with Gasteiger partial charge in [-0.15, -0.1) is 0 Å². The van der Waals surface area contributed by atoms with Crippen LogP contribution in [0.5, 0.6) is 5.75 Å². The molecule has 7 heteroatoms. The zero-order valence-corrected chi connectivity index (χ0v) is 16.5. The molecule has 0 bridgehead atoms. The molecule has 5 rings (SSSR count). The minimum absolute atomic E-state index is 0.154. The monoisotopic (exact) mass is 393 g/mol. The number of anilines is 2. The van der Waals surface area contributed by atoms with Crippen molar-refractivity contribution in [3.05, 3.63) is 47.5 Å². The maximum Gasteiger partial charge on any atom is 0.298 e. The van der Waals surface area contributed by atoms with Crippen LogP contribution in [0.3, 0.4) is 0 Å². The molecule has 2 aliphatic rings. The van der Waals surface area contributed by atoms with Gasteiger partial charge in [0, 0.05) is 17.7 Å². The SMILES string of the molecule is CC(C)OC1CN(c2nc3cc(NC(=O)c4ccc5c(c4)CCO5)ccc3o2)C1. The normalized spacial score (nSPS) is 16.0. The molecule has 0 saturated carbocycles. The summed E-state index contributed by atoms with van der Waals surface area (Å²) in [6.45, 7) is 6.29. The van der Waals surface area contributed by atoms with Crippen LogP contribution in [0, 0.1) is 0 Å². The van der Waals surface area contributed by atoms with Crippen molar-refractivity contribution in [2.75, 3.05) is 29.9 Å². The molecule has 0 radical (unpaired) electrons. The lowest BCUT2D eigenvalue weighted by Crippen LogP contribution is -2.53. The van der Waals surface area contributed by atoms with Crippen LogP contribution in [-0.2, 0) is 11.2 Å². The molecule has 29 heavy (non-hydrogen) atoms. The van der Waals surface area contributed by atoms with E-state index in [0.29, 0.717) is 35.0 Å². The van der Waals surface area contributed by atoms with Crippen molar-refractivity contribution >= 4 is 28.7 Å². The van der Waals surface area contributed by atoms with E-state index >= 15 is 0 Å². The average Bonchev–Trinajstić information content (AvgIpc) is 3.29. The summed E-state index contributed by atoms with van der Waals surface area (Å²) in [5, 5.41) is 2.94. The molecule has 150 valence electrons. The molecule has 1 amide bonds. The number of fused-ring (bicyclic) bond motifs is 2. The molecule has 2 aliphatic heterocycles. The number of oxazole rings is 1. The fourth-order valence-electron chi connectivity index (χ4n) is 3.72. The second-order valence-corrected chi connectivity index (χ2v) is 7.77. The van der Waals surface area contributed by atoms with Crippen LogP contribution in [0.4, 0.5) is 11.7 Å². The fourth-order valence-corrected chi connectivity index (χ4v) is 3.72. The summed E-state index contributed by atoms with van der Waals surface area (Å²) < 4.78 is 17.1. The van der Waals surface area contributed by atoms with Gasteiger partial charge in [-0.1, -0.05) is 0 Å². The second-order valence-electron chi connectivity index (χ2n) is 7.77. The van der Waals surface area contributed by atoms with Gasteiger partial charge in [0.1, 0.15) is 11.3 Å². The van der Waals surface area contributed by atoms with Crippen molar-refractivity contribution in [1.29, 1.82) is 0 Å². The number of carbonyl (C=O) groups is 1. The number of nitrogens with zero attached hydrogens (tertiary/aromatic N) is 2. The quantitative estimate of drug-likeness (QED) is 0.713. The largest absolute Gasteiger partial charge is 0.493 e. The van der Waals surface area contributed by atoms with Crippen molar-refractivity contribution in [3.8, 4) is 5.75 Å². The Bertz CT molecular complexity index is 1070. The third kappa shape index (κ3) is 3.53.